The molecule has 0 saturated carbocycles. The van der Waals surface area contributed by atoms with Gasteiger partial charge in [0.25, 0.3) is 0 Å². The second kappa shape index (κ2) is 10.9. The van der Waals surface area contributed by atoms with E-state index in [0.717, 1.165) is 28.6 Å². The highest BCUT2D eigenvalue weighted by Crippen LogP contribution is 2.36. The molecule has 0 amide bonds. The summed E-state index contributed by atoms with van der Waals surface area (Å²) in [6, 6.07) is 11.1. The topological polar surface area (TPSA) is 76.7 Å². The van der Waals surface area contributed by atoms with Crippen LogP contribution in [0.4, 0.5) is 13.2 Å². The monoisotopic (exact) mass is 478 g/mol. The molecule has 6 nitrogen and oxygen atoms in total. The highest BCUT2D eigenvalue weighted by atomic mass is 19.4. The van der Waals surface area contributed by atoms with E-state index in [9.17, 15) is 23.4 Å². The van der Waals surface area contributed by atoms with Gasteiger partial charge >= 0.3 is 6.18 Å². The molecule has 0 radical (unpaired) electrons. The van der Waals surface area contributed by atoms with Crippen molar-refractivity contribution in [1.29, 1.82) is 0 Å². The van der Waals surface area contributed by atoms with Crippen LogP contribution in [0.2, 0.25) is 0 Å². The highest BCUT2D eigenvalue weighted by molar-refractivity contribution is 5.39. The zero-order valence-corrected chi connectivity index (χ0v) is 19.4. The van der Waals surface area contributed by atoms with Crippen LogP contribution in [0.25, 0.3) is 0 Å². The van der Waals surface area contributed by atoms with Gasteiger partial charge in [-0.1, -0.05) is 32.0 Å². The number of methoxy groups -OCH3 is 1. The Kier molecular flexibility index (Phi) is 8.22. The van der Waals surface area contributed by atoms with Crippen molar-refractivity contribution in [3.8, 4) is 11.5 Å². The molecule has 0 aliphatic heterocycles. The molecule has 1 aromatic heterocycles. The summed E-state index contributed by atoms with van der Waals surface area (Å²) in [5.74, 6) is 0.302. The van der Waals surface area contributed by atoms with Crippen molar-refractivity contribution in [2.75, 3.05) is 7.11 Å². The first-order valence-corrected chi connectivity index (χ1v) is 11.1. The van der Waals surface area contributed by atoms with Gasteiger partial charge in [0.2, 0.25) is 0 Å². The zero-order valence-electron chi connectivity index (χ0n) is 19.4. The van der Waals surface area contributed by atoms with E-state index in [2.05, 4.69) is 5.10 Å². The molecular formula is C25H29F3N2O4. The molecule has 184 valence electrons. The number of rotatable bonds is 10. The summed E-state index contributed by atoms with van der Waals surface area (Å²) in [6.45, 7) is 4.47. The summed E-state index contributed by atoms with van der Waals surface area (Å²) in [6.07, 6.45) is -4.41. The molecule has 3 aromatic rings. The molecule has 9 heteroatoms. The van der Waals surface area contributed by atoms with Crippen LogP contribution in [-0.4, -0.2) is 33.4 Å². The number of aliphatic hydroxyl groups excluding tert-OH is 1. The third kappa shape index (κ3) is 6.09. The van der Waals surface area contributed by atoms with Crippen LogP contribution in [0.1, 0.15) is 47.5 Å². The summed E-state index contributed by atoms with van der Waals surface area (Å²) in [4.78, 5) is 0. The molecule has 0 unspecified atom stereocenters. The van der Waals surface area contributed by atoms with Gasteiger partial charge in [-0.05, 0) is 48.2 Å². The lowest BCUT2D eigenvalue weighted by Gasteiger charge is -2.14. The number of aliphatic hydroxyl groups is 2. The summed E-state index contributed by atoms with van der Waals surface area (Å²) in [7, 11) is 1.20. The Balaban J connectivity index is 1.70. The van der Waals surface area contributed by atoms with Gasteiger partial charge in [-0.25, -0.2) is 0 Å². The normalized spacial score (nSPS) is 11.8. The van der Waals surface area contributed by atoms with E-state index in [0.29, 0.717) is 30.7 Å². The first-order chi connectivity index (χ1) is 16.2. The molecule has 0 aliphatic carbocycles. The lowest BCUT2D eigenvalue weighted by atomic mass is 10.1. The molecule has 1 heterocycles. The predicted molar refractivity (Wildman–Crippen MR) is 121 cm³/mol. The molecule has 0 saturated heterocycles. The van der Waals surface area contributed by atoms with Crippen molar-refractivity contribution in [3.05, 3.63) is 76.1 Å². The largest absolute Gasteiger partial charge is 0.496 e. The van der Waals surface area contributed by atoms with Gasteiger partial charge < -0.3 is 19.7 Å². The molecule has 3 rings (SSSR count). The fraction of sp³-hybridized carbons (Fsp3) is 0.400. The lowest BCUT2D eigenvalue weighted by molar-refractivity contribution is -0.138. The molecule has 2 N–H and O–H groups in total. The minimum absolute atomic E-state index is 0.0156. The second-order valence-corrected chi connectivity index (χ2v) is 7.89. The quantitative estimate of drug-likeness (QED) is 0.419. The van der Waals surface area contributed by atoms with E-state index in [1.807, 2.05) is 30.7 Å². The van der Waals surface area contributed by atoms with Gasteiger partial charge in [0.05, 0.1) is 24.9 Å². The number of hydrogen-bond donors (Lipinski definition) is 2. The highest BCUT2D eigenvalue weighted by Gasteiger charge is 2.34. The van der Waals surface area contributed by atoms with Gasteiger partial charge in [-0.2, -0.15) is 18.3 Å². The fourth-order valence-corrected chi connectivity index (χ4v) is 3.91. The summed E-state index contributed by atoms with van der Waals surface area (Å²) in [5.41, 5.74) is 3.20. The smallest absolute Gasteiger partial charge is 0.419 e. The molecule has 0 bridgehead atoms. The van der Waals surface area contributed by atoms with Crippen molar-refractivity contribution < 1.29 is 32.9 Å². The molecule has 2 aromatic carbocycles. The van der Waals surface area contributed by atoms with E-state index in [-0.39, 0.29) is 18.8 Å². The summed E-state index contributed by atoms with van der Waals surface area (Å²) >= 11 is 0. The van der Waals surface area contributed by atoms with E-state index in [1.165, 1.54) is 13.2 Å². The SMILES string of the molecule is CCc1nn(Cc2ccc(OCc3ccc(OC)c(C(F)(F)F)c3)cc2)c(CC)c1CC(O)O. The van der Waals surface area contributed by atoms with E-state index < -0.39 is 18.0 Å². The van der Waals surface area contributed by atoms with Crippen LogP contribution in [-0.2, 0) is 38.6 Å². The average Bonchev–Trinajstić information content (AvgIpc) is 3.13. The average molecular weight is 479 g/mol. The maximum absolute atomic E-state index is 13.2. The van der Waals surface area contributed by atoms with Gasteiger partial charge in [0.1, 0.15) is 18.1 Å². The maximum Gasteiger partial charge on any atom is 0.419 e. The van der Waals surface area contributed by atoms with Crippen molar-refractivity contribution in [2.24, 2.45) is 0 Å². The zero-order chi connectivity index (χ0) is 24.9. The predicted octanol–water partition coefficient (Wildman–Crippen LogP) is 4.52. The van der Waals surface area contributed by atoms with Crippen LogP contribution >= 0.6 is 0 Å². The van der Waals surface area contributed by atoms with Crippen molar-refractivity contribution in [2.45, 2.75) is 58.7 Å². The third-order valence-electron chi connectivity index (χ3n) is 5.54. The number of hydrogen-bond acceptors (Lipinski definition) is 5. The Morgan fingerprint density at radius 1 is 1.00 bits per heavy atom. The Hall–Kier alpha value is -3.04. The number of nitrogens with zero attached hydrogens (tertiary/aromatic N) is 2. The summed E-state index contributed by atoms with van der Waals surface area (Å²) in [5, 5.41) is 23.5. The number of alkyl halides is 3. The number of aryl methyl sites for hydroxylation is 1. The van der Waals surface area contributed by atoms with Crippen molar-refractivity contribution in [3.63, 3.8) is 0 Å². The Morgan fingerprint density at radius 3 is 2.24 bits per heavy atom. The van der Waals surface area contributed by atoms with Crippen LogP contribution < -0.4 is 9.47 Å². The van der Waals surface area contributed by atoms with E-state index in [4.69, 9.17) is 9.47 Å². The van der Waals surface area contributed by atoms with Crippen LogP contribution in [0.15, 0.2) is 42.5 Å². The number of halogens is 3. The molecule has 0 aliphatic rings. The standard InChI is InChI=1S/C25H29F3N2O4/c1-4-21-19(13-24(31)32)22(5-2)30(29-21)14-16-6-9-18(10-7-16)34-15-17-8-11-23(33-3)20(12-17)25(26,27)28/h6-12,24,31-32H,4-5,13-15H2,1-3H3. The Morgan fingerprint density at radius 2 is 1.68 bits per heavy atom. The van der Waals surface area contributed by atoms with E-state index in [1.54, 1.807) is 18.2 Å². The molecule has 0 fully saturated rings. The van der Waals surface area contributed by atoms with Crippen molar-refractivity contribution >= 4 is 0 Å². The third-order valence-corrected chi connectivity index (χ3v) is 5.54. The minimum Gasteiger partial charge on any atom is -0.496 e. The maximum atomic E-state index is 13.2. The van der Waals surface area contributed by atoms with Crippen LogP contribution in [0.3, 0.4) is 0 Å². The van der Waals surface area contributed by atoms with Crippen LogP contribution in [0, 0.1) is 0 Å². The first-order valence-electron chi connectivity index (χ1n) is 11.1. The van der Waals surface area contributed by atoms with Gasteiger partial charge in [0, 0.05) is 17.7 Å². The molecule has 0 atom stereocenters. The van der Waals surface area contributed by atoms with Crippen LogP contribution in [0.5, 0.6) is 11.5 Å². The summed E-state index contributed by atoms with van der Waals surface area (Å²) < 4.78 is 52.0. The Labute approximate surface area is 196 Å². The van der Waals surface area contributed by atoms with Gasteiger partial charge in [-0.15, -0.1) is 0 Å². The molecular weight excluding hydrogens is 449 g/mol. The van der Waals surface area contributed by atoms with Gasteiger partial charge in [0.15, 0.2) is 6.29 Å². The van der Waals surface area contributed by atoms with Gasteiger partial charge in [-0.3, -0.25) is 4.68 Å². The van der Waals surface area contributed by atoms with Crippen molar-refractivity contribution in [1.82, 2.24) is 9.78 Å². The molecule has 0 spiro atoms. The number of aromatic nitrogens is 2. The fourth-order valence-electron chi connectivity index (χ4n) is 3.91. The van der Waals surface area contributed by atoms with E-state index >= 15 is 0 Å². The lowest BCUT2D eigenvalue weighted by Crippen LogP contribution is -2.12. The first kappa shape index (κ1) is 25.6. The molecule has 34 heavy (non-hydrogen) atoms. The second-order valence-electron chi connectivity index (χ2n) is 7.89. The Bertz CT molecular complexity index is 1090. The number of benzene rings is 2. The minimum atomic E-state index is -4.51. The number of ether oxygens (including phenoxy) is 2.